The topological polar surface area (TPSA) is 93.4 Å². The zero-order chi connectivity index (χ0) is 20.0. The molecule has 146 valence electrons. The van der Waals surface area contributed by atoms with Crippen LogP contribution in [-0.4, -0.2) is 44.6 Å². The van der Waals surface area contributed by atoms with Crippen molar-refractivity contribution < 1.29 is 9.53 Å². The van der Waals surface area contributed by atoms with E-state index in [-0.39, 0.29) is 0 Å². The van der Waals surface area contributed by atoms with Crippen molar-refractivity contribution in [3.05, 3.63) is 54.6 Å². The van der Waals surface area contributed by atoms with Crippen LogP contribution in [0.5, 0.6) is 0 Å². The Hall–Kier alpha value is -3.42. The molecule has 1 aromatic carbocycles. The van der Waals surface area contributed by atoms with Gasteiger partial charge in [-0.3, -0.25) is 0 Å². The molecular formula is C20H24N6O2. The fourth-order valence-corrected chi connectivity index (χ4v) is 2.44. The van der Waals surface area contributed by atoms with Crippen LogP contribution in [-0.2, 0) is 4.74 Å². The van der Waals surface area contributed by atoms with E-state index in [2.05, 4.69) is 25.9 Å². The van der Waals surface area contributed by atoms with E-state index in [0.29, 0.717) is 30.4 Å². The fraction of sp³-hybridized carbons (Fsp3) is 0.300. The molecule has 2 N–H and O–H groups in total. The van der Waals surface area contributed by atoms with Crippen LogP contribution in [0, 0.1) is 0 Å². The molecule has 2 heterocycles. The Kier molecular flexibility index (Phi) is 5.88. The molecule has 0 fully saturated rings. The van der Waals surface area contributed by atoms with Crippen molar-refractivity contribution in [2.24, 2.45) is 0 Å². The zero-order valence-electron chi connectivity index (χ0n) is 16.2. The van der Waals surface area contributed by atoms with E-state index >= 15 is 0 Å². The number of hydrogen-bond donors (Lipinski definition) is 2. The SMILES string of the molecule is CC(C)(C)OC(=O)NCC=CCNc1ccc2nnc(-c3ccccc3)n2n1. The Morgan fingerprint density at radius 1 is 1.07 bits per heavy atom. The number of fused-ring (bicyclic) bond motifs is 1. The minimum Gasteiger partial charge on any atom is -0.444 e. The predicted octanol–water partition coefficient (Wildman–Crippen LogP) is 3.28. The number of carbonyl (C=O) groups is 1. The van der Waals surface area contributed by atoms with Gasteiger partial charge in [0.05, 0.1) is 0 Å². The Morgan fingerprint density at radius 2 is 1.82 bits per heavy atom. The number of nitrogens with one attached hydrogen (secondary N) is 2. The summed E-state index contributed by atoms with van der Waals surface area (Å²) in [6.45, 7) is 6.45. The molecule has 0 spiro atoms. The molecule has 0 unspecified atom stereocenters. The first-order valence-corrected chi connectivity index (χ1v) is 9.06. The summed E-state index contributed by atoms with van der Waals surface area (Å²) in [5, 5.41) is 18.8. The number of carbonyl (C=O) groups excluding carboxylic acids is 1. The third kappa shape index (κ3) is 5.29. The van der Waals surface area contributed by atoms with Gasteiger partial charge in [-0.15, -0.1) is 15.3 Å². The minimum absolute atomic E-state index is 0.395. The summed E-state index contributed by atoms with van der Waals surface area (Å²) in [7, 11) is 0. The molecule has 0 aliphatic rings. The predicted molar refractivity (Wildman–Crippen MR) is 108 cm³/mol. The lowest BCUT2D eigenvalue weighted by Gasteiger charge is -2.19. The van der Waals surface area contributed by atoms with E-state index in [4.69, 9.17) is 4.74 Å². The first kappa shape index (κ1) is 19.3. The summed E-state index contributed by atoms with van der Waals surface area (Å²) >= 11 is 0. The van der Waals surface area contributed by atoms with Crippen LogP contribution in [0.2, 0.25) is 0 Å². The van der Waals surface area contributed by atoms with E-state index in [1.54, 1.807) is 4.52 Å². The first-order valence-electron chi connectivity index (χ1n) is 9.06. The van der Waals surface area contributed by atoms with Crippen LogP contribution < -0.4 is 10.6 Å². The van der Waals surface area contributed by atoms with Gasteiger partial charge in [-0.2, -0.15) is 4.52 Å². The van der Waals surface area contributed by atoms with Gasteiger partial charge >= 0.3 is 6.09 Å². The molecule has 1 amide bonds. The Labute approximate surface area is 163 Å². The van der Waals surface area contributed by atoms with Gasteiger partial charge in [0.2, 0.25) is 0 Å². The second-order valence-electron chi connectivity index (χ2n) is 7.11. The van der Waals surface area contributed by atoms with Crippen molar-refractivity contribution in [1.29, 1.82) is 0 Å². The highest BCUT2D eigenvalue weighted by Crippen LogP contribution is 2.17. The number of hydrogen-bond acceptors (Lipinski definition) is 6. The molecule has 3 aromatic rings. The van der Waals surface area contributed by atoms with Crippen LogP contribution >= 0.6 is 0 Å². The van der Waals surface area contributed by atoms with Crippen LogP contribution in [0.25, 0.3) is 17.0 Å². The lowest BCUT2D eigenvalue weighted by molar-refractivity contribution is 0.0534. The second-order valence-corrected chi connectivity index (χ2v) is 7.11. The van der Waals surface area contributed by atoms with E-state index < -0.39 is 11.7 Å². The summed E-state index contributed by atoms with van der Waals surface area (Å²) in [4.78, 5) is 11.6. The number of rotatable bonds is 6. The third-order valence-electron chi connectivity index (χ3n) is 3.63. The Morgan fingerprint density at radius 3 is 2.57 bits per heavy atom. The summed E-state index contributed by atoms with van der Waals surface area (Å²) in [6.07, 6.45) is 3.33. The molecule has 0 aliphatic carbocycles. The second kappa shape index (κ2) is 8.51. The van der Waals surface area contributed by atoms with Gasteiger partial charge in [0, 0.05) is 18.7 Å². The monoisotopic (exact) mass is 380 g/mol. The number of alkyl carbamates (subject to hydrolysis) is 1. The van der Waals surface area contributed by atoms with Gasteiger partial charge in [-0.05, 0) is 32.9 Å². The average molecular weight is 380 g/mol. The molecule has 0 radical (unpaired) electrons. The van der Waals surface area contributed by atoms with Gasteiger partial charge in [0.1, 0.15) is 11.4 Å². The molecule has 0 bridgehead atoms. The quantitative estimate of drug-likeness (QED) is 0.638. The molecule has 28 heavy (non-hydrogen) atoms. The highest BCUT2D eigenvalue weighted by atomic mass is 16.6. The van der Waals surface area contributed by atoms with E-state index in [1.807, 2.05) is 75.4 Å². The molecule has 0 aliphatic heterocycles. The molecule has 2 aromatic heterocycles. The Balaban J connectivity index is 1.54. The van der Waals surface area contributed by atoms with Crippen molar-refractivity contribution in [2.45, 2.75) is 26.4 Å². The van der Waals surface area contributed by atoms with E-state index in [1.165, 1.54) is 0 Å². The van der Waals surface area contributed by atoms with Crippen LogP contribution in [0.15, 0.2) is 54.6 Å². The summed E-state index contributed by atoms with van der Waals surface area (Å²) in [6, 6.07) is 13.5. The maximum Gasteiger partial charge on any atom is 0.407 e. The summed E-state index contributed by atoms with van der Waals surface area (Å²) in [5.74, 6) is 1.39. The number of benzene rings is 1. The first-order chi connectivity index (χ1) is 13.4. The van der Waals surface area contributed by atoms with Crippen molar-refractivity contribution in [3.63, 3.8) is 0 Å². The van der Waals surface area contributed by atoms with E-state index in [9.17, 15) is 4.79 Å². The number of anilines is 1. The average Bonchev–Trinajstić information content (AvgIpc) is 3.07. The standard InChI is InChI=1S/C20H24N6O2/c1-20(2,3)28-19(27)22-14-8-7-13-21-16-11-12-17-23-24-18(26(17)25-16)15-9-5-4-6-10-15/h4-12H,13-14H2,1-3H3,(H,21,25)(H,22,27). The van der Waals surface area contributed by atoms with Crippen molar-refractivity contribution >= 4 is 17.6 Å². The molecule has 8 nitrogen and oxygen atoms in total. The molecule has 3 rings (SSSR count). The molecule has 0 atom stereocenters. The number of aromatic nitrogens is 4. The van der Waals surface area contributed by atoms with Crippen LogP contribution in [0.3, 0.4) is 0 Å². The normalized spacial score (nSPS) is 11.7. The maximum absolute atomic E-state index is 11.6. The highest BCUT2D eigenvalue weighted by Gasteiger charge is 2.15. The van der Waals surface area contributed by atoms with E-state index in [0.717, 1.165) is 5.56 Å². The van der Waals surface area contributed by atoms with Gasteiger partial charge in [0.25, 0.3) is 0 Å². The van der Waals surface area contributed by atoms with Crippen LogP contribution in [0.4, 0.5) is 10.6 Å². The molecule has 0 saturated carbocycles. The minimum atomic E-state index is -0.500. The summed E-state index contributed by atoms with van der Waals surface area (Å²) in [5.41, 5.74) is 1.13. The van der Waals surface area contributed by atoms with Crippen molar-refractivity contribution in [1.82, 2.24) is 25.1 Å². The maximum atomic E-state index is 11.6. The van der Waals surface area contributed by atoms with Gasteiger partial charge in [0.15, 0.2) is 11.5 Å². The lowest BCUT2D eigenvalue weighted by atomic mass is 10.2. The third-order valence-corrected chi connectivity index (χ3v) is 3.63. The highest BCUT2D eigenvalue weighted by molar-refractivity contribution is 5.67. The lowest BCUT2D eigenvalue weighted by Crippen LogP contribution is -2.32. The zero-order valence-corrected chi connectivity index (χ0v) is 16.2. The van der Waals surface area contributed by atoms with Crippen molar-refractivity contribution in [2.75, 3.05) is 18.4 Å². The van der Waals surface area contributed by atoms with Crippen molar-refractivity contribution in [3.8, 4) is 11.4 Å². The molecule has 0 saturated heterocycles. The number of ether oxygens (including phenoxy) is 1. The number of nitrogens with zero attached hydrogens (tertiary/aromatic N) is 4. The number of amides is 1. The van der Waals surface area contributed by atoms with Gasteiger partial charge < -0.3 is 15.4 Å². The smallest absolute Gasteiger partial charge is 0.407 e. The fourth-order valence-electron chi connectivity index (χ4n) is 2.44. The van der Waals surface area contributed by atoms with Crippen LogP contribution in [0.1, 0.15) is 20.8 Å². The van der Waals surface area contributed by atoms with Gasteiger partial charge in [-0.1, -0.05) is 42.5 Å². The molecule has 8 heteroatoms. The summed E-state index contributed by atoms with van der Waals surface area (Å²) < 4.78 is 6.88. The Bertz CT molecular complexity index is 960. The largest absolute Gasteiger partial charge is 0.444 e. The van der Waals surface area contributed by atoms with Gasteiger partial charge in [-0.25, -0.2) is 4.79 Å². The molecular weight excluding hydrogens is 356 g/mol.